The van der Waals surface area contributed by atoms with Gasteiger partial charge >= 0.3 is 0 Å². The number of fused-ring (bicyclic) bond motifs is 1. The maximum absolute atomic E-state index is 4.96. The van der Waals surface area contributed by atoms with Crippen LogP contribution in [0.25, 0.3) is 11.2 Å². The summed E-state index contributed by atoms with van der Waals surface area (Å²) in [5.74, 6) is 2.60. The van der Waals surface area contributed by atoms with Crippen molar-refractivity contribution in [3.05, 3.63) is 24.2 Å². The zero-order valence-corrected chi connectivity index (χ0v) is 13.1. The summed E-state index contributed by atoms with van der Waals surface area (Å²) >= 11 is 0. The number of aromatic nitrogens is 3. The molecule has 0 aromatic carbocycles. The van der Waals surface area contributed by atoms with E-state index < -0.39 is 0 Å². The van der Waals surface area contributed by atoms with Gasteiger partial charge in [0.05, 0.1) is 0 Å². The number of piperidine rings is 2. The molecule has 2 aromatic heterocycles. The van der Waals surface area contributed by atoms with Crippen molar-refractivity contribution in [2.24, 2.45) is 5.92 Å². The first-order valence-electron chi connectivity index (χ1n) is 8.64. The average Bonchev–Trinajstić information content (AvgIpc) is 2.95. The van der Waals surface area contributed by atoms with Gasteiger partial charge in [-0.1, -0.05) is 0 Å². The number of nitrogens with zero attached hydrogens (tertiary/aromatic N) is 3. The second-order valence-electron chi connectivity index (χ2n) is 6.64. The Morgan fingerprint density at radius 1 is 1.05 bits per heavy atom. The first-order valence-corrected chi connectivity index (χ1v) is 8.64. The summed E-state index contributed by atoms with van der Waals surface area (Å²) in [7, 11) is 0. The number of rotatable bonds is 3. The van der Waals surface area contributed by atoms with E-state index in [9.17, 15) is 0 Å². The minimum absolute atomic E-state index is 0.581. The first kappa shape index (κ1) is 14.2. The number of pyridine rings is 1. The Bertz CT molecular complexity index is 623. The third-order valence-corrected chi connectivity index (χ3v) is 5.14. The summed E-state index contributed by atoms with van der Waals surface area (Å²) in [4.78, 5) is 9.59. The molecule has 0 saturated carbocycles. The third-order valence-electron chi connectivity index (χ3n) is 5.14. The Morgan fingerprint density at radius 2 is 1.77 bits per heavy atom. The predicted octanol–water partition coefficient (Wildman–Crippen LogP) is 1.90. The normalized spacial score (nSPS) is 21.5. The van der Waals surface area contributed by atoms with E-state index in [4.69, 9.17) is 4.98 Å². The molecule has 0 aliphatic carbocycles. The van der Waals surface area contributed by atoms with Crippen LogP contribution in [0.3, 0.4) is 0 Å². The summed E-state index contributed by atoms with van der Waals surface area (Å²) in [6, 6.07) is 4.10. The fourth-order valence-electron chi connectivity index (χ4n) is 3.87. The van der Waals surface area contributed by atoms with Gasteiger partial charge in [0, 0.05) is 18.7 Å². The van der Waals surface area contributed by atoms with Crippen molar-refractivity contribution in [3.8, 4) is 0 Å². The molecule has 0 spiro atoms. The van der Waals surface area contributed by atoms with Gasteiger partial charge in [-0.05, 0) is 69.9 Å². The molecule has 4 heterocycles. The number of imidazole rings is 1. The van der Waals surface area contributed by atoms with Gasteiger partial charge in [-0.2, -0.15) is 0 Å². The van der Waals surface area contributed by atoms with E-state index in [-0.39, 0.29) is 0 Å². The highest BCUT2D eigenvalue weighted by Gasteiger charge is 2.24. The average molecular weight is 299 g/mol. The van der Waals surface area contributed by atoms with Crippen molar-refractivity contribution in [3.63, 3.8) is 0 Å². The van der Waals surface area contributed by atoms with Gasteiger partial charge in [-0.15, -0.1) is 0 Å². The van der Waals surface area contributed by atoms with Crippen LogP contribution in [0.4, 0.5) is 0 Å². The zero-order valence-electron chi connectivity index (χ0n) is 13.1. The maximum atomic E-state index is 4.96. The van der Waals surface area contributed by atoms with Crippen LogP contribution in [-0.4, -0.2) is 40.7 Å². The Labute approximate surface area is 131 Å². The van der Waals surface area contributed by atoms with Crippen LogP contribution in [0.1, 0.15) is 37.4 Å². The Hall–Kier alpha value is -1.46. The monoisotopic (exact) mass is 299 g/mol. The fraction of sp³-hybridized carbons (Fsp3) is 0.647. The molecule has 4 rings (SSSR count). The SMILES string of the molecule is c1cnc2c(c1)nc(C1CCNCC1)n2CC1CCNCC1. The maximum Gasteiger partial charge on any atom is 0.159 e. The lowest BCUT2D eigenvalue weighted by molar-refractivity contribution is 0.325. The second-order valence-corrected chi connectivity index (χ2v) is 6.64. The van der Waals surface area contributed by atoms with Gasteiger partial charge in [0.1, 0.15) is 11.3 Å². The van der Waals surface area contributed by atoms with Crippen molar-refractivity contribution in [1.82, 2.24) is 25.2 Å². The van der Waals surface area contributed by atoms with Crippen LogP contribution in [0.2, 0.25) is 0 Å². The van der Waals surface area contributed by atoms with Gasteiger partial charge in [0.2, 0.25) is 0 Å². The predicted molar refractivity (Wildman–Crippen MR) is 88.0 cm³/mol. The molecular weight excluding hydrogens is 274 g/mol. The van der Waals surface area contributed by atoms with Crippen molar-refractivity contribution in [2.75, 3.05) is 26.2 Å². The van der Waals surface area contributed by atoms with E-state index >= 15 is 0 Å². The highest BCUT2D eigenvalue weighted by atomic mass is 15.1. The molecule has 5 heteroatoms. The molecule has 0 unspecified atom stereocenters. The van der Waals surface area contributed by atoms with E-state index in [0.717, 1.165) is 49.8 Å². The standard InChI is InChI=1S/C17H25N5/c1-2-15-17(20-7-1)22(12-13-3-8-18-9-4-13)16(21-15)14-5-10-19-11-6-14/h1-2,7,13-14,18-19H,3-6,8-12H2. The van der Waals surface area contributed by atoms with Gasteiger partial charge in [0.15, 0.2) is 5.65 Å². The smallest absolute Gasteiger partial charge is 0.159 e. The molecule has 118 valence electrons. The molecule has 0 atom stereocenters. The topological polar surface area (TPSA) is 54.8 Å². The quantitative estimate of drug-likeness (QED) is 0.909. The number of nitrogens with one attached hydrogen (secondary N) is 2. The summed E-state index contributed by atoms with van der Waals surface area (Å²) in [6.07, 6.45) is 6.80. The Kier molecular flexibility index (Phi) is 4.08. The van der Waals surface area contributed by atoms with Crippen molar-refractivity contribution >= 4 is 11.2 Å². The molecule has 2 N–H and O–H groups in total. The number of hydrogen-bond acceptors (Lipinski definition) is 4. The molecule has 2 aliphatic rings. The molecule has 5 nitrogen and oxygen atoms in total. The van der Waals surface area contributed by atoms with Crippen molar-refractivity contribution < 1.29 is 0 Å². The highest BCUT2D eigenvalue weighted by Crippen LogP contribution is 2.29. The van der Waals surface area contributed by atoms with Gasteiger partial charge in [-0.25, -0.2) is 9.97 Å². The van der Waals surface area contributed by atoms with Gasteiger partial charge < -0.3 is 15.2 Å². The molecule has 0 bridgehead atoms. The van der Waals surface area contributed by atoms with Gasteiger partial charge in [-0.3, -0.25) is 0 Å². The van der Waals surface area contributed by atoms with Crippen LogP contribution in [0.5, 0.6) is 0 Å². The molecule has 2 aromatic rings. The Balaban J connectivity index is 1.69. The van der Waals surface area contributed by atoms with Gasteiger partial charge in [0.25, 0.3) is 0 Å². The van der Waals surface area contributed by atoms with Crippen LogP contribution in [0, 0.1) is 5.92 Å². The fourth-order valence-corrected chi connectivity index (χ4v) is 3.87. The second kappa shape index (κ2) is 6.34. The van der Waals surface area contributed by atoms with Crippen molar-refractivity contribution in [1.29, 1.82) is 0 Å². The molecule has 0 radical (unpaired) electrons. The summed E-state index contributed by atoms with van der Waals surface area (Å²) in [5.41, 5.74) is 2.14. The molecule has 2 aliphatic heterocycles. The molecule has 2 saturated heterocycles. The first-order chi connectivity index (χ1) is 10.9. The third kappa shape index (κ3) is 2.75. The van der Waals surface area contributed by atoms with Crippen LogP contribution in [0.15, 0.2) is 18.3 Å². The number of hydrogen-bond donors (Lipinski definition) is 2. The molecule has 2 fully saturated rings. The summed E-state index contributed by atoms with van der Waals surface area (Å²) in [5, 5.41) is 6.92. The minimum atomic E-state index is 0.581. The summed E-state index contributed by atoms with van der Waals surface area (Å²) in [6.45, 7) is 5.58. The summed E-state index contributed by atoms with van der Waals surface area (Å²) < 4.78 is 2.43. The minimum Gasteiger partial charge on any atom is -0.317 e. The van der Waals surface area contributed by atoms with E-state index in [0.29, 0.717) is 5.92 Å². The van der Waals surface area contributed by atoms with Crippen molar-refractivity contribution in [2.45, 2.75) is 38.1 Å². The van der Waals surface area contributed by atoms with E-state index in [1.807, 2.05) is 12.3 Å². The lowest BCUT2D eigenvalue weighted by Gasteiger charge is -2.27. The highest BCUT2D eigenvalue weighted by molar-refractivity contribution is 5.71. The molecule has 22 heavy (non-hydrogen) atoms. The van der Waals surface area contributed by atoms with E-state index in [1.165, 1.54) is 31.5 Å². The van der Waals surface area contributed by atoms with Crippen LogP contribution < -0.4 is 10.6 Å². The zero-order chi connectivity index (χ0) is 14.8. The van der Waals surface area contributed by atoms with E-state index in [2.05, 4.69) is 26.3 Å². The van der Waals surface area contributed by atoms with E-state index in [1.54, 1.807) is 0 Å². The van der Waals surface area contributed by atoms with Crippen LogP contribution in [-0.2, 0) is 6.54 Å². The largest absolute Gasteiger partial charge is 0.317 e. The molecular formula is C17H25N5. The lowest BCUT2D eigenvalue weighted by Crippen LogP contribution is -2.31. The lowest BCUT2D eigenvalue weighted by atomic mass is 9.95. The van der Waals surface area contributed by atoms with Crippen LogP contribution >= 0.6 is 0 Å². The molecule has 0 amide bonds. The Morgan fingerprint density at radius 3 is 2.55 bits per heavy atom.